The Balaban J connectivity index is 1.22. The molecule has 1 saturated heterocycles. The lowest BCUT2D eigenvalue weighted by Gasteiger charge is -2.14. The fourth-order valence-electron chi connectivity index (χ4n) is 3.58. The second-order valence-corrected chi connectivity index (χ2v) is 7.88. The molecule has 0 saturated carbocycles. The van der Waals surface area contributed by atoms with E-state index >= 15 is 0 Å². The molecule has 0 bridgehead atoms. The van der Waals surface area contributed by atoms with Crippen molar-refractivity contribution < 1.29 is 23.7 Å². The molecule has 7 nitrogen and oxygen atoms in total. The summed E-state index contributed by atoms with van der Waals surface area (Å²) in [6.45, 7) is 2.23. The van der Waals surface area contributed by atoms with Crippen LogP contribution in [-0.4, -0.2) is 45.0 Å². The Labute approximate surface area is 200 Å². The van der Waals surface area contributed by atoms with E-state index in [9.17, 15) is 4.79 Å². The van der Waals surface area contributed by atoms with E-state index < -0.39 is 0 Å². The lowest BCUT2D eigenvalue weighted by atomic mass is 10.2. The summed E-state index contributed by atoms with van der Waals surface area (Å²) in [5.41, 5.74) is 1.42. The minimum absolute atomic E-state index is 0.0991. The Kier molecular flexibility index (Phi) is 8.63. The molecule has 0 radical (unpaired) electrons. The van der Waals surface area contributed by atoms with Crippen LogP contribution in [0.3, 0.4) is 0 Å². The van der Waals surface area contributed by atoms with Gasteiger partial charge in [0.05, 0.1) is 18.3 Å². The van der Waals surface area contributed by atoms with Crippen molar-refractivity contribution >= 4 is 17.3 Å². The molecule has 1 fully saturated rings. The van der Waals surface area contributed by atoms with E-state index in [2.05, 4.69) is 10.6 Å². The van der Waals surface area contributed by atoms with Crippen LogP contribution in [0.5, 0.6) is 17.2 Å². The van der Waals surface area contributed by atoms with E-state index in [-0.39, 0.29) is 18.6 Å². The zero-order valence-corrected chi connectivity index (χ0v) is 19.1. The molecule has 1 unspecified atom stereocenters. The number of amides is 1. The molecule has 2 N–H and O–H groups in total. The molecule has 1 atom stereocenters. The Morgan fingerprint density at radius 3 is 2.53 bits per heavy atom. The van der Waals surface area contributed by atoms with Crippen molar-refractivity contribution in [2.45, 2.75) is 18.9 Å². The van der Waals surface area contributed by atoms with Crippen LogP contribution in [0, 0.1) is 0 Å². The van der Waals surface area contributed by atoms with E-state index in [1.165, 1.54) is 0 Å². The Hall–Kier alpha value is -3.71. The maximum Gasteiger partial charge on any atom is 0.243 e. The third-order valence-electron chi connectivity index (χ3n) is 5.26. The van der Waals surface area contributed by atoms with Gasteiger partial charge in [0.2, 0.25) is 5.91 Å². The number of anilines is 2. The quantitative estimate of drug-likeness (QED) is 0.378. The van der Waals surface area contributed by atoms with Gasteiger partial charge >= 0.3 is 0 Å². The number of ether oxygens (including phenoxy) is 4. The fourth-order valence-corrected chi connectivity index (χ4v) is 3.58. The van der Waals surface area contributed by atoms with Crippen molar-refractivity contribution in [1.82, 2.24) is 0 Å². The molecular weight excluding hydrogens is 432 g/mol. The van der Waals surface area contributed by atoms with Gasteiger partial charge in [-0.3, -0.25) is 4.79 Å². The highest BCUT2D eigenvalue weighted by atomic mass is 16.5. The topological polar surface area (TPSA) is 78.1 Å². The number of rotatable bonds is 12. The Bertz CT molecular complexity index is 1040. The largest absolute Gasteiger partial charge is 0.491 e. The maximum absolute atomic E-state index is 12.5. The molecule has 0 aromatic heterocycles. The summed E-state index contributed by atoms with van der Waals surface area (Å²) >= 11 is 0. The lowest BCUT2D eigenvalue weighted by molar-refractivity contribution is -0.114. The first kappa shape index (κ1) is 23.4. The molecule has 0 aliphatic carbocycles. The summed E-state index contributed by atoms with van der Waals surface area (Å²) in [6.07, 6.45) is 2.25. The molecule has 0 spiro atoms. The third kappa shape index (κ3) is 7.42. The number of nitrogens with one attached hydrogen (secondary N) is 2. The van der Waals surface area contributed by atoms with E-state index in [1.54, 1.807) is 0 Å². The number of hydrogen-bond acceptors (Lipinski definition) is 6. The first-order chi connectivity index (χ1) is 16.8. The third-order valence-corrected chi connectivity index (χ3v) is 5.26. The summed E-state index contributed by atoms with van der Waals surface area (Å²) in [7, 11) is 0. The molecule has 4 rings (SSSR count). The Morgan fingerprint density at radius 2 is 1.68 bits per heavy atom. The molecule has 3 aromatic rings. The van der Waals surface area contributed by atoms with Crippen LogP contribution >= 0.6 is 0 Å². The summed E-state index contributed by atoms with van der Waals surface area (Å²) in [5.74, 6) is 2.00. The van der Waals surface area contributed by atoms with E-state index in [0.717, 1.165) is 30.9 Å². The average Bonchev–Trinajstić information content (AvgIpc) is 3.39. The maximum atomic E-state index is 12.5. The van der Waals surface area contributed by atoms with Gasteiger partial charge in [-0.05, 0) is 49.2 Å². The van der Waals surface area contributed by atoms with Gasteiger partial charge in [-0.1, -0.05) is 36.4 Å². The molecule has 3 aromatic carbocycles. The van der Waals surface area contributed by atoms with E-state index in [0.29, 0.717) is 37.0 Å². The van der Waals surface area contributed by atoms with Gasteiger partial charge in [-0.25, -0.2) is 0 Å². The zero-order chi connectivity index (χ0) is 23.4. The predicted molar refractivity (Wildman–Crippen MR) is 132 cm³/mol. The van der Waals surface area contributed by atoms with Gasteiger partial charge in [-0.2, -0.15) is 0 Å². The molecule has 7 heteroatoms. The Morgan fingerprint density at radius 1 is 0.882 bits per heavy atom. The smallest absolute Gasteiger partial charge is 0.243 e. The summed E-state index contributed by atoms with van der Waals surface area (Å²) in [5, 5.41) is 6.04. The standard InChI is InChI=1S/C27H30N2O5/c30-27(29-21-8-6-11-23(18-21)34-20-24-12-7-15-31-24)19-28-25-13-4-5-14-26(25)33-17-16-32-22-9-2-1-3-10-22/h1-6,8-11,13-14,18,24,28H,7,12,15-17,19-20H2,(H,29,30). The van der Waals surface area contributed by atoms with Gasteiger partial charge in [0.1, 0.15) is 37.1 Å². The van der Waals surface area contributed by atoms with Crippen LogP contribution in [0.2, 0.25) is 0 Å². The minimum Gasteiger partial charge on any atom is -0.491 e. The highest BCUT2D eigenvalue weighted by Gasteiger charge is 2.16. The number of carbonyl (C=O) groups excluding carboxylic acids is 1. The van der Waals surface area contributed by atoms with Crippen molar-refractivity contribution in [3.8, 4) is 17.2 Å². The SMILES string of the molecule is O=C(CNc1ccccc1OCCOc1ccccc1)Nc1cccc(OCC2CCCO2)c1. The molecular formula is C27H30N2O5. The van der Waals surface area contributed by atoms with Gasteiger partial charge < -0.3 is 29.6 Å². The second kappa shape index (κ2) is 12.5. The number of para-hydroxylation sites is 3. The monoisotopic (exact) mass is 462 g/mol. The van der Waals surface area contributed by atoms with Crippen molar-refractivity contribution in [3.05, 3.63) is 78.9 Å². The average molecular weight is 463 g/mol. The van der Waals surface area contributed by atoms with Crippen LogP contribution in [-0.2, 0) is 9.53 Å². The van der Waals surface area contributed by atoms with Crippen LogP contribution in [0.1, 0.15) is 12.8 Å². The highest BCUT2D eigenvalue weighted by Crippen LogP contribution is 2.24. The van der Waals surface area contributed by atoms with Crippen LogP contribution in [0.4, 0.5) is 11.4 Å². The van der Waals surface area contributed by atoms with Crippen molar-refractivity contribution in [2.75, 3.05) is 43.6 Å². The van der Waals surface area contributed by atoms with Crippen molar-refractivity contribution in [1.29, 1.82) is 0 Å². The van der Waals surface area contributed by atoms with Crippen molar-refractivity contribution in [2.24, 2.45) is 0 Å². The van der Waals surface area contributed by atoms with Gasteiger partial charge in [-0.15, -0.1) is 0 Å². The normalized spacial score (nSPS) is 14.9. The predicted octanol–water partition coefficient (Wildman–Crippen LogP) is 4.75. The molecule has 1 aliphatic rings. The number of hydrogen-bond donors (Lipinski definition) is 2. The van der Waals surface area contributed by atoms with Gasteiger partial charge in [0.25, 0.3) is 0 Å². The van der Waals surface area contributed by atoms with E-state index in [4.69, 9.17) is 18.9 Å². The summed E-state index contributed by atoms with van der Waals surface area (Å²) < 4.78 is 22.9. The lowest BCUT2D eigenvalue weighted by Crippen LogP contribution is -2.22. The van der Waals surface area contributed by atoms with Crippen LogP contribution in [0.15, 0.2) is 78.9 Å². The summed E-state index contributed by atoms with van der Waals surface area (Å²) in [6, 6.07) is 24.5. The molecule has 34 heavy (non-hydrogen) atoms. The summed E-state index contributed by atoms with van der Waals surface area (Å²) in [4.78, 5) is 12.5. The first-order valence-corrected chi connectivity index (χ1v) is 11.5. The number of benzene rings is 3. The fraction of sp³-hybridized carbons (Fsp3) is 0.296. The molecule has 1 heterocycles. The minimum atomic E-state index is -0.168. The van der Waals surface area contributed by atoms with Crippen LogP contribution < -0.4 is 24.8 Å². The second-order valence-electron chi connectivity index (χ2n) is 7.88. The van der Waals surface area contributed by atoms with E-state index in [1.807, 2.05) is 78.9 Å². The molecule has 178 valence electrons. The zero-order valence-electron chi connectivity index (χ0n) is 19.1. The first-order valence-electron chi connectivity index (χ1n) is 11.5. The van der Waals surface area contributed by atoms with Crippen LogP contribution in [0.25, 0.3) is 0 Å². The highest BCUT2D eigenvalue weighted by molar-refractivity contribution is 5.94. The van der Waals surface area contributed by atoms with Gasteiger partial charge in [0, 0.05) is 18.4 Å². The molecule has 1 aliphatic heterocycles. The number of carbonyl (C=O) groups is 1. The van der Waals surface area contributed by atoms with Gasteiger partial charge in [0.15, 0.2) is 0 Å². The molecule has 1 amide bonds. The van der Waals surface area contributed by atoms with Crippen molar-refractivity contribution in [3.63, 3.8) is 0 Å².